The summed E-state index contributed by atoms with van der Waals surface area (Å²) in [7, 11) is 0. The third-order valence-electron chi connectivity index (χ3n) is 2.93. The van der Waals surface area contributed by atoms with Crippen molar-refractivity contribution in [1.82, 2.24) is 9.97 Å². The second-order valence-corrected chi connectivity index (χ2v) is 4.15. The number of aromatic nitrogens is 2. The number of benzene rings is 1. The van der Waals surface area contributed by atoms with Crippen molar-refractivity contribution in [2.45, 2.75) is 6.92 Å². The Balaban J connectivity index is 2.29. The van der Waals surface area contributed by atoms with Crippen LogP contribution in [0.4, 0.5) is 4.39 Å². The molecule has 0 atom stereocenters. The molecule has 0 fully saturated rings. The van der Waals surface area contributed by atoms with Gasteiger partial charge in [0.1, 0.15) is 11.3 Å². The lowest BCUT2D eigenvalue weighted by Crippen LogP contribution is -1.93. The zero-order chi connectivity index (χ0) is 12.5. The zero-order valence-corrected chi connectivity index (χ0v) is 9.89. The van der Waals surface area contributed by atoms with Crippen molar-refractivity contribution in [1.29, 1.82) is 0 Å². The van der Waals surface area contributed by atoms with Gasteiger partial charge in [0, 0.05) is 22.8 Å². The molecular weight excluding hydrogens is 227 g/mol. The molecule has 18 heavy (non-hydrogen) atoms. The SMILES string of the molecule is Cc1nc2c(F)cccc2cc1-c1ccccn1. The molecule has 0 unspecified atom stereocenters. The molecule has 3 rings (SSSR count). The van der Waals surface area contributed by atoms with E-state index in [9.17, 15) is 4.39 Å². The Morgan fingerprint density at radius 2 is 1.94 bits per heavy atom. The van der Waals surface area contributed by atoms with E-state index in [0.717, 1.165) is 22.3 Å². The molecule has 0 aliphatic carbocycles. The van der Waals surface area contributed by atoms with Gasteiger partial charge in [-0.25, -0.2) is 9.37 Å². The van der Waals surface area contributed by atoms with Crippen LogP contribution in [0.3, 0.4) is 0 Å². The largest absolute Gasteiger partial charge is 0.256 e. The summed E-state index contributed by atoms with van der Waals surface area (Å²) in [6, 6.07) is 12.6. The van der Waals surface area contributed by atoms with Crippen LogP contribution < -0.4 is 0 Å². The van der Waals surface area contributed by atoms with Crippen molar-refractivity contribution >= 4 is 10.9 Å². The Labute approximate surface area is 104 Å². The van der Waals surface area contributed by atoms with Gasteiger partial charge in [0.05, 0.1) is 5.69 Å². The predicted molar refractivity (Wildman–Crippen MR) is 69.7 cm³/mol. The summed E-state index contributed by atoms with van der Waals surface area (Å²) in [6.07, 6.45) is 1.74. The normalized spacial score (nSPS) is 10.8. The minimum Gasteiger partial charge on any atom is -0.256 e. The number of hydrogen-bond acceptors (Lipinski definition) is 2. The lowest BCUT2D eigenvalue weighted by molar-refractivity contribution is 0.636. The van der Waals surface area contributed by atoms with Crippen molar-refractivity contribution < 1.29 is 4.39 Å². The fourth-order valence-corrected chi connectivity index (χ4v) is 2.04. The summed E-state index contributed by atoms with van der Waals surface area (Å²) in [6.45, 7) is 1.87. The van der Waals surface area contributed by atoms with E-state index in [1.54, 1.807) is 12.3 Å². The van der Waals surface area contributed by atoms with Crippen molar-refractivity contribution in [3.8, 4) is 11.3 Å². The number of rotatable bonds is 1. The van der Waals surface area contributed by atoms with Gasteiger partial charge in [0.25, 0.3) is 0 Å². The van der Waals surface area contributed by atoms with E-state index in [1.807, 2.05) is 37.3 Å². The second-order valence-electron chi connectivity index (χ2n) is 4.15. The molecule has 0 amide bonds. The molecule has 3 heteroatoms. The number of pyridine rings is 2. The van der Waals surface area contributed by atoms with Gasteiger partial charge >= 0.3 is 0 Å². The maximum absolute atomic E-state index is 13.6. The Morgan fingerprint density at radius 3 is 2.72 bits per heavy atom. The lowest BCUT2D eigenvalue weighted by atomic mass is 10.1. The van der Waals surface area contributed by atoms with Crippen LogP contribution in [0.25, 0.3) is 22.2 Å². The van der Waals surface area contributed by atoms with Crippen LogP contribution in [0.1, 0.15) is 5.69 Å². The molecule has 0 spiro atoms. The number of aryl methyl sites for hydroxylation is 1. The standard InChI is InChI=1S/C15H11FN2/c1-10-12(14-7-2-3-8-17-14)9-11-5-4-6-13(16)15(11)18-10/h2-9H,1H3. The van der Waals surface area contributed by atoms with E-state index in [1.165, 1.54) is 6.07 Å². The summed E-state index contributed by atoms with van der Waals surface area (Å²) >= 11 is 0. The van der Waals surface area contributed by atoms with Crippen LogP contribution in [0.15, 0.2) is 48.7 Å². The molecule has 2 aromatic heterocycles. The van der Waals surface area contributed by atoms with Crippen LogP contribution in [0.5, 0.6) is 0 Å². The lowest BCUT2D eigenvalue weighted by Gasteiger charge is -2.07. The number of halogens is 1. The molecule has 0 N–H and O–H groups in total. The van der Waals surface area contributed by atoms with Crippen molar-refractivity contribution in [2.75, 3.05) is 0 Å². The van der Waals surface area contributed by atoms with Gasteiger partial charge in [-0.1, -0.05) is 18.2 Å². The van der Waals surface area contributed by atoms with Crippen molar-refractivity contribution in [3.63, 3.8) is 0 Å². The molecular formula is C15H11FN2. The fraction of sp³-hybridized carbons (Fsp3) is 0.0667. The highest BCUT2D eigenvalue weighted by Gasteiger charge is 2.08. The summed E-state index contributed by atoms with van der Waals surface area (Å²) in [4.78, 5) is 8.64. The van der Waals surface area contributed by atoms with Crippen LogP contribution in [-0.2, 0) is 0 Å². The monoisotopic (exact) mass is 238 g/mol. The highest BCUT2D eigenvalue weighted by atomic mass is 19.1. The van der Waals surface area contributed by atoms with Gasteiger partial charge in [-0.15, -0.1) is 0 Å². The Bertz CT molecular complexity index is 708. The second kappa shape index (κ2) is 4.18. The van der Waals surface area contributed by atoms with E-state index >= 15 is 0 Å². The number of fused-ring (bicyclic) bond motifs is 1. The van der Waals surface area contributed by atoms with Crippen LogP contribution in [-0.4, -0.2) is 9.97 Å². The first-order valence-electron chi connectivity index (χ1n) is 5.73. The van der Waals surface area contributed by atoms with Gasteiger partial charge in [-0.3, -0.25) is 4.98 Å². The average molecular weight is 238 g/mol. The van der Waals surface area contributed by atoms with E-state index in [-0.39, 0.29) is 5.82 Å². The third-order valence-corrected chi connectivity index (χ3v) is 2.93. The highest BCUT2D eigenvalue weighted by Crippen LogP contribution is 2.25. The van der Waals surface area contributed by atoms with Crippen molar-refractivity contribution in [2.24, 2.45) is 0 Å². The number of nitrogens with zero attached hydrogens (tertiary/aromatic N) is 2. The minimum atomic E-state index is -0.289. The molecule has 0 bridgehead atoms. The Hall–Kier alpha value is -2.29. The summed E-state index contributed by atoms with van der Waals surface area (Å²) in [5.41, 5.74) is 2.99. The Kier molecular flexibility index (Phi) is 2.52. The molecule has 2 nitrogen and oxygen atoms in total. The van der Waals surface area contributed by atoms with E-state index in [4.69, 9.17) is 0 Å². The number of para-hydroxylation sites is 1. The Morgan fingerprint density at radius 1 is 1.06 bits per heavy atom. The summed E-state index contributed by atoms with van der Waals surface area (Å²) in [5.74, 6) is -0.289. The van der Waals surface area contributed by atoms with Gasteiger partial charge in [0.15, 0.2) is 0 Å². The van der Waals surface area contributed by atoms with Crippen LogP contribution in [0, 0.1) is 12.7 Å². The summed E-state index contributed by atoms with van der Waals surface area (Å²) < 4.78 is 13.6. The predicted octanol–water partition coefficient (Wildman–Crippen LogP) is 3.74. The maximum atomic E-state index is 13.6. The molecule has 88 valence electrons. The van der Waals surface area contributed by atoms with E-state index in [0.29, 0.717) is 5.52 Å². The average Bonchev–Trinajstić information content (AvgIpc) is 2.40. The quantitative estimate of drug-likeness (QED) is 0.645. The molecule has 0 saturated heterocycles. The molecule has 0 aliphatic heterocycles. The topological polar surface area (TPSA) is 25.8 Å². The molecule has 3 aromatic rings. The first-order chi connectivity index (χ1) is 8.75. The molecule has 2 heterocycles. The van der Waals surface area contributed by atoms with Gasteiger partial charge in [-0.2, -0.15) is 0 Å². The summed E-state index contributed by atoms with van der Waals surface area (Å²) in [5, 5.41) is 0.793. The van der Waals surface area contributed by atoms with E-state index < -0.39 is 0 Å². The van der Waals surface area contributed by atoms with Gasteiger partial charge in [0.2, 0.25) is 0 Å². The molecule has 0 radical (unpaired) electrons. The van der Waals surface area contributed by atoms with Crippen LogP contribution >= 0.6 is 0 Å². The van der Waals surface area contributed by atoms with E-state index in [2.05, 4.69) is 9.97 Å². The highest BCUT2D eigenvalue weighted by molar-refractivity contribution is 5.84. The fourth-order valence-electron chi connectivity index (χ4n) is 2.04. The first-order valence-corrected chi connectivity index (χ1v) is 5.73. The first kappa shape index (κ1) is 10.8. The molecule has 1 aromatic carbocycles. The van der Waals surface area contributed by atoms with Gasteiger partial charge < -0.3 is 0 Å². The minimum absolute atomic E-state index is 0.289. The van der Waals surface area contributed by atoms with Crippen molar-refractivity contribution in [3.05, 3.63) is 60.2 Å². The molecule has 0 saturated carbocycles. The van der Waals surface area contributed by atoms with Crippen LogP contribution in [0.2, 0.25) is 0 Å². The smallest absolute Gasteiger partial charge is 0.149 e. The molecule has 0 aliphatic rings. The number of hydrogen-bond donors (Lipinski definition) is 0. The third kappa shape index (κ3) is 1.74. The maximum Gasteiger partial charge on any atom is 0.149 e. The zero-order valence-electron chi connectivity index (χ0n) is 9.89. The van der Waals surface area contributed by atoms with Gasteiger partial charge in [-0.05, 0) is 31.2 Å².